The molecular weight excluding hydrogens is 212 g/mol. The third-order valence-corrected chi connectivity index (χ3v) is 3.98. The first-order valence-electron chi connectivity index (χ1n) is 6.59. The molecule has 0 spiro atoms. The van der Waals surface area contributed by atoms with Crippen LogP contribution in [0.25, 0.3) is 0 Å². The number of allylic oxidation sites excluding steroid dienone is 2. The van der Waals surface area contributed by atoms with Gasteiger partial charge in [-0.2, -0.15) is 0 Å². The van der Waals surface area contributed by atoms with E-state index in [9.17, 15) is 5.11 Å². The third-order valence-electron chi connectivity index (χ3n) is 3.98. The minimum absolute atomic E-state index is 0.0531. The average molecular weight is 236 g/mol. The van der Waals surface area contributed by atoms with Crippen molar-refractivity contribution in [3.63, 3.8) is 0 Å². The van der Waals surface area contributed by atoms with Gasteiger partial charge in [-0.1, -0.05) is 32.1 Å². The Kier molecular flexibility index (Phi) is 3.46. The van der Waals surface area contributed by atoms with E-state index >= 15 is 0 Å². The summed E-state index contributed by atoms with van der Waals surface area (Å²) < 4.78 is 5.78. The van der Waals surface area contributed by atoms with Gasteiger partial charge in [0.15, 0.2) is 0 Å². The van der Waals surface area contributed by atoms with E-state index in [0.717, 1.165) is 31.3 Å². The Morgan fingerprint density at radius 3 is 2.82 bits per heavy atom. The van der Waals surface area contributed by atoms with Crippen LogP contribution in [0.15, 0.2) is 23.8 Å². The van der Waals surface area contributed by atoms with Crippen LogP contribution >= 0.6 is 0 Å². The van der Waals surface area contributed by atoms with Gasteiger partial charge in [0.25, 0.3) is 0 Å². The highest BCUT2D eigenvalue weighted by Gasteiger charge is 2.50. The molecule has 2 heteroatoms. The maximum Gasteiger partial charge on any atom is 0.0954 e. The fourth-order valence-electron chi connectivity index (χ4n) is 2.48. The molecule has 0 aromatic heterocycles. The normalized spacial score (nSPS) is 36.7. The van der Waals surface area contributed by atoms with Crippen molar-refractivity contribution in [1.82, 2.24) is 0 Å². The van der Waals surface area contributed by atoms with Gasteiger partial charge in [0.1, 0.15) is 0 Å². The molecule has 1 N–H and O–H groups in total. The summed E-state index contributed by atoms with van der Waals surface area (Å²) in [7, 11) is 0. The molecule has 2 nitrogen and oxygen atoms in total. The topological polar surface area (TPSA) is 32.8 Å². The molecule has 1 aliphatic carbocycles. The standard InChI is InChI=1S/C15H24O2/c1-14(2)8-4-9-15(3)13(17-15)6-5-12(11-16)7-10-14/h4,7-8,13,16H,5-6,9-11H2,1-3H3. The quantitative estimate of drug-likeness (QED) is 0.560. The van der Waals surface area contributed by atoms with Gasteiger partial charge in [0.2, 0.25) is 0 Å². The third kappa shape index (κ3) is 3.20. The van der Waals surface area contributed by atoms with E-state index in [0.29, 0.717) is 6.10 Å². The zero-order valence-corrected chi connectivity index (χ0v) is 11.2. The second kappa shape index (κ2) is 4.58. The van der Waals surface area contributed by atoms with Crippen molar-refractivity contribution in [2.24, 2.45) is 5.41 Å². The van der Waals surface area contributed by atoms with Crippen LogP contribution in [0.1, 0.15) is 46.5 Å². The van der Waals surface area contributed by atoms with Crippen LogP contribution in [0.5, 0.6) is 0 Å². The minimum Gasteiger partial charge on any atom is -0.392 e. The highest BCUT2D eigenvalue weighted by molar-refractivity contribution is 5.13. The zero-order chi connectivity index (χ0) is 12.5. The molecule has 2 aliphatic rings. The molecule has 0 bridgehead atoms. The molecule has 1 fully saturated rings. The van der Waals surface area contributed by atoms with Crippen molar-refractivity contribution in [3.05, 3.63) is 23.8 Å². The van der Waals surface area contributed by atoms with Gasteiger partial charge in [-0.3, -0.25) is 0 Å². The lowest BCUT2D eigenvalue weighted by Crippen LogP contribution is -2.09. The Hall–Kier alpha value is -0.600. The Labute approximate surface area is 104 Å². The molecule has 1 saturated heterocycles. The van der Waals surface area contributed by atoms with Crippen LogP contribution in [0.2, 0.25) is 0 Å². The van der Waals surface area contributed by atoms with Crippen LogP contribution < -0.4 is 0 Å². The van der Waals surface area contributed by atoms with E-state index in [-0.39, 0.29) is 17.6 Å². The van der Waals surface area contributed by atoms with Crippen LogP contribution in [0, 0.1) is 5.41 Å². The predicted molar refractivity (Wildman–Crippen MR) is 69.8 cm³/mol. The number of aliphatic hydroxyl groups excluding tert-OH is 1. The fourth-order valence-corrected chi connectivity index (χ4v) is 2.48. The lowest BCUT2D eigenvalue weighted by molar-refractivity contribution is 0.301. The van der Waals surface area contributed by atoms with Gasteiger partial charge in [-0.05, 0) is 43.6 Å². The molecule has 0 aromatic rings. The maximum absolute atomic E-state index is 9.35. The smallest absolute Gasteiger partial charge is 0.0954 e. The number of epoxide rings is 1. The summed E-state index contributed by atoms with van der Waals surface area (Å²) in [5.74, 6) is 0. The lowest BCUT2D eigenvalue weighted by atomic mass is 9.87. The van der Waals surface area contributed by atoms with Crippen molar-refractivity contribution < 1.29 is 9.84 Å². The van der Waals surface area contributed by atoms with Crippen LogP contribution in [-0.4, -0.2) is 23.4 Å². The molecule has 2 rings (SSSR count). The maximum atomic E-state index is 9.35. The van der Waals surface area contributed by atoms with Crippen LogP contribution in [-0.2, 0) is 4.74 Å². The molecule has 0 aromatic carbocycles. The molecule has 0 radical (unpaired) electrons. The fraction of sp³-hybridized carbons (Fsp3) is 0.733. The summed E-state index contributed by atoms with van der Waals surface area (Å²) in [6.07, 6.45) is 11.1. The molecule has 1 aliphatic heterocycles. The summed E-state index contributed by atoms with van der Waals surface area (Å²) in [5.41, 5.74) is 1.38. The van der Waals surface area contributed by atoms with Crippen molar-refractivity contribution >= 4 is 0 Å². The van der Waals surface area contributed by atoms with Gasteiger partial charge in [0.05, 0.1) is 18.3 Å². The summed E-state index contributed by atoms with van der Waals surface area (Å²) in [4.78, 5) is 0. The second-order valence-corrected chi connectivity index (χ2v) is 6.28. The number of hydrogen-bond donors (Lipinski definition) is 1. The van der Waals surface area contributed by atoms with Crippen molar-refractivity contribution in [2.45, 2.75) is 58.2 Å². The first-order valence-corrected chi connectivity index (χ1v) is 6.59. The van der Waals surface area contributed by atoms with E-state index < -0.39 is 0 Å². The van der Waals surface area contributed by atoms with Crippen molar-refractivity contribution in [1.29, 1.82) is 0 Å². The number of rotatable bonds is 1. The minimum atomic E-state index is 0.0531. The first-order chi connectivity index (χ1) is 7.95. The summed E-state index contributed by atoms with van der Waals surface area (Å²) in [6.45, 7) is 6.85. The van der Waals surface area contributed by atoms with Gasteiger partial charge in [-0.25, -0.2) is 0 Å². The molecule has 1 heterocycles. The molecule has 2 unspecified atom stereocenters. The van der Waals surface area contributed by atoms with E-state index in [1.165, 1.54) is 0 Å². The van der Waals surface area contributed by atoms with Crippen molar-refractivity contribution in [3.8, 4) is 0 Å². The van der Waals surface area contributed by atoms with Crippen LogP contribution in [0.3, 0.4) is 0 Å². The summed E-state index contributed by atoms with van der Waals surface area (Å²) in [6, 6.07) is 0. The second-order valence-electron chi connectivity index (χ2n) is 6.28. The average Bonchev–Trinajstić information content (AvgIpc) is 2.88. The molecule has 0 amide bonds. The monoisotopic (exact) mass is 236 g/mol. The number of fused-ring (bicyclic) bond motifs is 1. The van der Waals surface area contributed by atoms with Crippen LogP contribution in [0.4, 0.5) is 0 Å². The van der Waals surface area contributed by atoms with Gasteiger partial charge in [0, 0.05) is 0 Å². The zero-order valence-electron chi connectivity index (χ0n) is 11.2. The van der Waals surface area contributed by atoms with Gasteiger partial charge in [-0.15, -0.1) is 0 Å². The highest BCUT2D eigenvalue weighted by atomic mass is 16.6. The predicted octanol–water partition coefficient (Wildman–Crippen LogP) is 3.22. The van der Waals surface area contributed by atoms with Gasteiger partial charge < -0.3 is 9.84 Å². The van der Waals surface area contributed by atoms with E-state index in [1.54, 1.807) is 0 Å². The summed E-state index contributed by atoms with van der Waals surface area (Å²) >= 11 is 0. The largest absolute Gasteiger partial charge is 0.392 e. The molecular formula is C15H24O2. The molecule has 2 atom stereocenters. The number of aliphatic hydroxyl groups is 1. The molecule has 0 saturated carbocycles. The SMILES string of the molecule is CC1(C)C=CCC2(C)OC2CCC(CO)=CC1. The lowest BCUT2D eigenvalue weighted by Gasteiger charge is -2.18. The molecule has 96 valence electrons. The number of hydrogen-bond acceptors (Lipinski definition) is 2. The first kappa shape index (κ1) is 12.8. The van der Waals surface area contributed by atoms with E-state index in [1.807, 2.05) is 0 Å². The Bertz CT molecular complexity index is 341. The highest BCUT2D eigenvalue weighted by Crippen LogP contribution is 2.43. The Morgan fingerprint density at radius 2 is 2.12 bits per heavy atom. The molecule has 17 heavy (non-hydrogen) atoms. The van der Waals surface area contributed by atoms with E-state index in [4.69, 9.17) is 4.74 Å². The summed E-state index contributed by atoms with van der Waals surface area (Å²) in [5, 5.41) is 9.35. The van der Waals surface area contributed by atoms with E-state index in [2.05, 4.69) is 39.0 Å². The number of ether oxygens (including phenoxy) is 1. The Balaban J connectivity index is 2.12. The Morgan fingerprint density at radius 1 is 1.35 bits per heavy atom. The van der Waals surface area contributed by atoms with Gasteiger partial charge >= 0.3 is 0 Å². The van der Waals surface area contributed by atoms with Crippen molar-refractivity contribution in [2.75, 3.05) is 6.61 Å².